The standard InChI is InChI=1S/C15H20N2O5/c1-4-16-15(20)17-13(18)10(3)22-14(19)11-6-8-12(9-7-11)21-5-2/h6-10H,4-5H2,1-3H3,(H2,16,17,18,20). The predicted octanol–water partition coefficient (Wildman–Crippen LogP) is 1.48. The van der Waals surface area contributed by atoms with Crippen LogP contribution in [0.1, 0.15) is 31.1 Å². The third-order valence-corrected chi connectivity index (χ3v) is 2.63. The van der Waals surface area contributed by atoms with E-state index >= 15 is 0 Å². The Morgan fingerprint density at radius 3 is 2.32 bits per heavy atom. The molecule has 2 N–H and O–H groups in total. The van der Waals surface area contributed by atoms with Crippen molar-refractivity contribution in [3.63, 3.8) is 0 Å². The lowest BCUT2D eigenvalue weighted by Gasteiger charge is -2.13. The largest absolute Gasteiger partial charge is 0.494 e. The number of imide groups is 1. The van der Waals surface area contributed by atoms with Gasteiger partial charge >= 0.3 is 12.0 Å². The van der Waals surface area contributed by atoms with Crippen LogP contribution in [0.15, 0.2) is 24.3 Å². The molecule has 1 atom stereocenters. The predicted molar refractivity (Wildman–Crippen MR) is 79.7 cm³/mol. The van der Waals surface area contributed by atoms with Gasteiger partial charge in [0.1, 0.15) is 5.75 Å². The van der Waals surface area contributed by atoms with Gasteiger partial charge in [0, 0.05) is 6.54 Å². The molecule has 0 heterocycles. The van der Waals surface area contributed by atoms with E-state index in [1.54, 1.807) is 31.2 Å². The van der Waals surface area contributed by atoms with Gasteiger partial charge in [-0.25, -0.2) is 9.59 Å². The Labute approximate surface area is 129 Å². The van der Waals surface area contributed by atoms with Gasteiger partial charge in [-0.1, -0.05) is 0 Å². The van der Waals surface area contributed by atoms with E-state index in [1.807, 2.05) is 6.92 Å². The summed E-state index contributed by atoms with van der Waals surface area (Å²) >= 11 is 0. The summed E-state index contributed by atoms with van der Waals surface area (Å²) in [4.78, 5) is 34.8. The molecule has 1 aromatic carbocycles. The van der Waals surface area contributed by atoms with Crippen molar-refractivity contribution in [1.82, 2.24) is 10.6 Å². The maximum Gasteiger partial charge on any atom is 0.338 e. The molecule has 0 aromatic heterocycles. The molecule has 0 aliphatic heterocycles. The lowest BCUT2D eigenvalue weighted by Crippen LogP contribution is -2.44. The van der Waals surface area contributed by atoms with Crippen molar-refractivity contribution in [3.8, 4) is 5.75 Å². The lowest BCUT2D eigenvalue weighted by atomic mass is 10.2. The smallest absolute Gasteiger partial charge is 0.338 e. The number of carbonyl (C=O) groups excluding carboxylic acids is 3. The third kappa shape index (κ3) is 5.43. The summed E-state index contributed by atoms with van der Waals surface area (Å²) in [6.45, 7) is 5.89. The van der Waals surface area contributed by atoms with Gasteiger partial charge in [0.15, 0.2) is 6.10 Å². The highest BCUT2D eigenvalue weighted by Gasteiger charge is 2.20. The lowest BCUT2D eigenvalue weighted by molar-refractivity contribution is -0.127. The van der Waals surface area contributed by atoms with Crippen molar-refractivity contribution in [2.45, 2.75) is 26.9 Å². The second-order valence-corrected chi connectivity index (χ2v) is 4.35. The molecule has 0 fully saturated rings. The second-order valence-electron chi connectivity index (χ2n) is 4.35. The van der Waals surface area contributed by atoms with Gasteiger partial charge in [-0.05, 0) is 45.0 Å². The van der Waals surface area contributed by atoms with Crippen LogP contribution < -0.4 is 15.4 Å². The average Bonchev–Trinajstić information content (AvgIpc) is 2.48. The number of nitrogens with one attached hydrogen (secondary N) is 2. The first-order valence-electron chi connectivity index (χ1n) is 7.00. The SMILES string of the molecule is CCNC(=O)NC(=O)C(C)OC(=O)c1ccc(OCC)cc1. The summed E-state index contributed by atoms with van der Waals surface area (Å²) in [6.07, 6.45) is -1.08. The van der Waals surface area contributed by atoms with Crippen LogP contribution in [0.25, 0.3) is 0 Å². The van der Waals surface area contributed by atoms with Crippen LogP contribution in [0.4, 0.5) is 4.79 Å². The number of hydrogen-bond acceptors (Lipinski definition) is 5. The Balaban J connectivity index is 2.56. The van der Waals surface area contributed by atoms with Crippen molar-refractivity contribution < 1.29 is 23.9 Å². The molecule has 0 saturated carbocycles. The molecule has 120 valence electrons. The van der Waals surface area contributed by atoms with Gasteiger partial charge in [-0.15, -0.1) is 0 Å². The molecule has 7 heteroatoms. The zero-order chi connectivity index (χ0) is 16.5. The van der Waals surface area contributed by atoms with Crippen LogP contribution in [0.5, 0.6) is 5.75 Å². The molecule has 0 aliphatic carbocycles. The van der Waals surface area contributed by atoms with E-state index in [2.05, 4.69) is 10.6 Å². The normalized spacial score (nSPS) is 11.2. The van der Waals surface area contributed by atoms with E-state index in [0.717, 1.165) is 0 Å². The van der Waals surface area contributed by atoms with Gasteiger partial charge in [0.05, 0.1) is 12.2 Å². The molecule has 0 aliphatic rings. The van der Waals surface area contributed by atoms with Crippen molar-refractivity contribution in [2.75, 3.05) is 13.2 Å². The average molecular weight is 308 g/mol. The highest BCUT2D eigenvalue weighted by Crippen LogP contribution is 2.13. The van der Waals surface area contributed by atoms with Crippen LogP contribution >= 0.6 is 0 Å². The van der Waals surface area contributed by atoms with E-state index in [4.69, 9.17) is 9.47 Å². The fourth-order valence-electron chi connectivity index (χ4n) is 1.55. The number of benzene rings is 1. The summed E-state index contributed by atoms with van der Waals surface area (Å²) in [6, 6.07) is 5.74. The van der Waals surface area contributed by atoms with Crippen molar-refractivity contribution >= 4 is 17.9 Å². The summed E-state index contributed by atoms with van der Waals surface area (Å²) in [5, 5.41) is 4.49. The van der Waals surface area contributed by atoms with Gasteiger partial charge in [-0.2, -0.15) is 0 Å². The molecular weight excluding hydrogens is 288 g/mol. The fourth-order valence-corrected chi connectivity index (χ4v) is 1.55. The molecular formula is C15H20N2O5. The molecule has 0 radical (unpaired) electrons. The zero-order valence-electron chi connectivity index (χ0n) is 12.8. The molecule has 0 saturated heterocycles. The molecule has 0 bridgehead atoms. The number of carbonyl (C=O) groups is 3. The number of esters is 1. The van der Waals surface area contributed by atoms with Crippen LogP contribution in [0, 0.1) is 0 Å². The topological polar surface area (TPSA) is 93.7 Å². The van der Waals surface area contributed by atoms with Gasteiger partial charge in [-0.3, -0.25) is 10.1 Å². The molecule has 1 aromatic rings. The Morgan fingerprint density at radius 2 is 1.77 bits per heavy atom. The molecule has 1 rings (SSSR count). The van der Waals surface area contributed by atoms with Crippen LogP contribution in [-0.2, 0) is 9.53 Å². The van der Waals surface area contributed by atoms with Gasteiger partial charge in [0.2, 0.25) is 0 Å². The first-order chi connectivity index (χ1) is 10.5. The van der Waals surface area contributed by atoms with Gasteiger partial charge in [0.25, 0.3) is 5.91 Å². The van der Waals surface area contributed by atoms with Crippen LogP contribution in [-0.4, -0.2) is 37.2 Å². The second kappa shape index (κ2) is 8.66. The molecule has 1 unspecified atom stereocenters. The maximum atomic E-state index is 11.9. The minimum Gasteiger partial charge on any atom is -0.494 e. The summed E-state index contributed by atoms with van der Waals surface area (Å²) in [7, 11) is 0. The minimum absolute atomic E-state index is 0.293. The summed E-state index contributed by atoms with van der Waals surface area (Å²) in [5.74, 6) is -0.701. The Bertz CT molecular complexity index is 527. The van der Waals surface area contributed by atoms with E-state index in [-0.39, 0.29) is 0 Å². The van der Waals surface area contributed by atoms with Crippen molar-refractivity contribution in [1.29, 1.82) is 0 Å². The quantitative estimate of drug-likeness (QED) is 0.776. The number of rotatable bonds is 6. The summed E-state index contributed by atoms with van der Waals surface area (Å²) < 4.78 is 10.3. The number of urea groups is 1. The number of amides is 3. The number of hydrogen-bond donors (Lipinski definition) is 2. The van der Waals surface area contributed by atoms with E-state index in [9.17, 15) is 14.4 Å². The third-order valence-electron chi connectivity index (χ3n) is 2.63. The molecule has 22 heavy (non-hydrogen) atoms. The van der Waals surface area contributed by atoms with Crippen molar-refractivity contribution in [2.24, 2.45) is 0 Å². The van der Waals surface area contributed by atoms with Gasteiger partial charge < -0.3 is 14.8 Å². The fraction of sp³-hybridized carbons (Fsp3) is 0.400. The van der Waals surface area contributed by atoms with Crippen molar-refractivity contribution in [3.05, 3.63) is 29.8 Å². The van der Waals surface area contributed by atoms with Crippen LogP contribution in [0.2, 0.25) is 0 Å². The van der Waals surface area contributed by atoms with E-state index < -0.39 is 24.0 Å². The first-order valence-corrected chi connectivity index (χ1v) is 7.00. The van der Waals surface area contributed by atoms with E-state index in [0.29, 0.717) is 24.5 Å². The highest BCUT2D eigenvalue weighted by atomic mass is 16.5. The summed E-state index contributed by atoms with van der Waals surface area (Å²) in [5.41, 5.74) is 0.293. The maximum absolute atomic E-state index is 11.9. The molecule has 7 nitrogen and oxygen atoms in total. The highest BCUT2D eigenvalue weighted by molar-refractivity contribution is 5.98. The monoisotopic (exact) mass is 308 g/mol. The first kappa shape index (κ1) is 17.5. The van der Waals surface area contributed by atoms with Crippen LogP contribution in [0.3, 0.4) is 0 Å². The van der Waals surface area contributed by atoms with E-state index in [1.165, 1.54) is 6.92 Å². The Hall–Kier alpha value is -2.57. The number of ether oxygens (including phenoxy) is 2. The Kier molecular flexibility index (Phi) is 6.88. The molecule has 3 amide bonds. The molecule has 0 spiro atoms. The minimum atomic E-state index is -1.08. The Morgan fingerprint density at radius 1 is 1.14 bits per heavy atom. The zero-order valence-corrected chi connectivity index (χ0v) is 12.8.